The topological polar surface area (TPSA) is 47.0 Å². The molecule has 4 heteroatoms. The second-order valence-electron chi connectivity index (χ2n) is 5.13. The van der Waals surface area contributed by atoms with Gasteiger partial charge in [-0.3, -0.25) is 0 Å². The van der Waals surface area contributed by atoms with E-state index in [2.05, 4.69) is 15.3 Å². The summed E-state index contributed by atoms with van der Waals surface area (Å²) in [6.45, 7) is 2.91. The molecule has 1 aliphatic heterocycles. The van der Waals surface area contributed by atoms with Crippen LogP contribution in [-0.4, -0.2) is 29.7 Å². The van der Waals surface area contributed by atoms with Crippen molar-refractivity contribution in [2.45, 2.75) is 12.8 Å². The summed E-state index contributed by atoms with van der Waals surface area (Å²) in [6, 6.07) is 9.96. The van der Waals surface area contributed by atoms with Crippen LogP contribution in [0, 0.1) is 5.92 Å². The summed E-state index contributed by atoms with van der Waals surface area (Å²) in [5, 5.41) is 3.39. The molecule has 0 radical (unpaired) electrons. The molecule has 1 fully saturated rings. The van der Waals surface area contributed by atoms with E-state index in [-0.39, 0.29) is 0 Å². The summed E-state index contributed by atoms with van der Waals surface area (Å²) in [7, 11) is 0. The Kier molecular flexibility index (Phi) is 4.23. The van der Waals surface area contributed by atoms with Crippen LogP contribution in [0.3, 0.4) is 0 Å². The van der Waals surface area contributed by atoms with Crippen LogP contribution in [0.15, 0.2) is 42.7 Å². The number of aromatic nitrogens is 2. The van der Waals surface area contributed by atoms with Crippen LogP contribution in [0.4, 0.5) is 0 Å². The molecule has 0 bridgehead atoms. The first-order valence-electron chi connectivity index (χ1n) is 7.13. The van der Waals surface area contributed by atoms with Crippen LogP contribution >= 0.6 is 0 Å². The highest BCUT2D eigenvalue weighted by Crippen LogP contribution is 2.17. The van der Waals surface area contributed by atoms with Crippen LogP contribution in [0.1, 0.15) is 12.8 Å². The van der Waals surface area contributed by atoms with Crippen LogP contribution in [0.25, 0.3) is 11.4 Å². The monoisotopic (exact) mass is 269 g/mol. The van der Waals surface area contributed by atoms with Crippen molar-refractivity contribution in [3.63, 3.8) is 0 Å². The van der Waals surface area contributed by atoms with Crippen molar-refractivity contribution in [1.82, 2.24) is 15.3 Å². The summed E-state index contributed by atoms with van der Waals surface area (Å²) in [5.74, 6) is 2.07. The van der Waals surface area contributed by atoms with E-state index >= 15 is 0 Å². The molecule has 1 atom stereocenters. The molecular formula is C16H19N3O. The van der Waals surface area contributed by atoms with Crippen molar-refractivity contribution in [2.75, 3.05) is 19.7 Å². The van der Waals surface area contributed by atoms with Crippen molar-refractivity contribution in [3.8, 4) is 17.1 Å². The van der Waals surface area contributed by atoms with Gasteiger partial charge >= 0.3 is 0 Å². The van der Waals surface area contributed by atoms with Crippen molar-refractivity contribution in [2.24, 2.45) is 5.92 Å². The number of rotatable bonds is 4. The van der Waals surface area contributed by atoms with Crippen LogP contribution < -0.4 is 10.1 Å². The van der Waals surface area contributed by atoms with Gasteiger partial charge in [-0.2, -0.15) is 0 Å². The van der Waals surface area contributed by atoms with Crippen LogP contribution in [0.2, 0.25) is 0 Å². The Morgan fingerprint density at radius 2 is 1.95 bits per heavy atom. The average molecular weight is 269 g/mol. The summed E-state index contributed by atoms with van der Waals surface area (Å²) in [6.07, 6.45) is 5.98. The second kappa shape index (κ2) is 6.48. The minimum Gasteiger partial charge on any atom is -0.490 e. The van der Waals surface area contributed by atoms with Crippen molar-refractivity contribution >= 4 is 0 Å². The van der Waals surface area contributed by atoms with Gasteiger partial charge in [0.15, 0.2) is 11.6 Å². The maximum atomic E-state index is 5.77. The minimum atomic E-state index is 0.595. The molecule has 1 aromatic carbocycles. The lowest BCUT2D eigenvalue weighted by molar-refractivity contribution is 0.217. The van der Waals surface area contributed by atoms with E-state index in [9.17, 15) is 0 Å². The minimum absolute atomic E-state index is 0.595. The van der Waals surface area contributed by atoms with Gasteiger partial charge in [-0.15, -0.1) is 0 Å². The summed E-state index contributed by atoms with van der Waals surface area (Å²) < 4.78 is 5.77. The zero-order chi connectivity index (χ0) is 13.6. The Hall–Kier alpha value is -1.94. The number of nitrogens with zero attached hydrogens (tertiary/aromatic N) is 2. The van der Waals surface area contributed by atoms with E-state index in [0.717, 1.165) is 36.8 Å². The molecule has 4 nitrogen and oxygen atoms in total. The number of nitrogens with one attached hydrogen (secondary N) is 1. The average Bonchev–Trinajstić information content (AvgIpc) is 2.55. The first-order valence-corrected chi connectivity index (χ1v) is 7.13. The van der Waals surface area contributed by atoms with E-state index in [0.29, 0.717) is 5.92 Å². The SMILES string of the molecule is c1ccc(-c2ncc(OCC3CCCNC3)cn2)cc1. The predicted molar refractivity (Wildman–Crippen MR) is 78.6 cm³/mol. The first kappa shape index (κ1) is 13.1. The molecular weight excluding hydrogens is 250 g/mol. The fourth-order valence-corrected chi connectivity index (χ4v) is 2.41. The summed E-state index contributed by atoms with van der Waals surface area (Å²) in [4.78, 5) is 8.72. The maximum absolute atomic E-state index is 5.77. The maximum Gasteiger partial charge on any atom is 0.159 e. The number of benzene rings is 1. The lowest BCUT2D eigenvalue weighted by atomic mass is 10.0. The standard InChI is InChI=1S/C16H19N3O/c1-2-6-14(7-3-1)16-18-10-15(11-19-16)20-12-13-5-4-8-17-9-13/h1-3,6-7,10-11,13,17H,4-5,8-9,12H2. The zero-order valence-corrected chi connectivity index (χ0v) is 11.5. The third-order valence-electron chi connectivity index (χ3n) is 3.54. The fraction of sp³-hybridized carbons (Fsp3) is 0.375. The highest BCUT2D eigenvalue weighted by molar-refractivity contribution is 5.54. The van der Waals surface area contributed by atoms with Crippen molar-refractivity contribution < 1.29 is 4.74 Å². The molecule has 1 unspecified atom stereocenters. The first-order chi connectivity index (χ1) is 9.92. The molecule has 1 N–H and O–H groups in total. The summed E-state index contributed by atoms with van der Waals surface area (Å²) >= 11 is 0. The third-order valence-corrected chi connectivity index (χ3v) is 3.54. The normalized spacial score (nSPS) is 18.7. The Bertz CT molecular complexity index is 521. The Balaban J connectivity index is 1.58. The van der Waals surface area contributed by atoms with Gasteiger partial charge in [0.25, 0.3) is 0 Å². The second-order valence-corrected chi connectivity index (χ2v) is 5.13. The van der Waals surface area contributed by atoms with E-state index in [4.69, 9.17) is 4.74 Å². The quantitative estimate of drug-likeness (QED) is 0.926. The predicted octanol–water partition coefficient (Wildman–Crippen LogP) is 2.52. The molecule has 0 aliphatic carbocycles. The Labute approximate surface area is 119 Å². The molecule has 2 aromatic rings. The highest BCUT2D eigenvalue weighted by Gasteiger charge is 2.13. The third kappa shape index (κ3) is 3.33. The van der Waals surface area contributed by atoms with Gasteiger partial charge in [0.2, 0.25) is 0 Å². The van der Waals surface area contributed by atoms with Gasteiger partial charge in [0.1, 0.15) is 0 Å². The largest absolute Gasteiger partial charge is 0.490 e. The molecule has 1 saturated heterocycles. The highest BCUT2D eigenvalue weighted by atomic mass is 16.5. The molecule has 0 amide bonds. The number of hydrogen-bond acceptors (Lipinski definition) is 4. The van der Waals surface area contributed by atoms with Gasteiger partial charge in [0.05, 0.1) is 19.0 Å². The van der Waals surface area contributed by atoms with Gasteiger partial charge in [0, 0.05) is 18.0 Å². The van der Waals surface area contributed by atoms with E-state index in [1.54, 1.807) is 12.4 Å². The number of hydrogen-bond donors (Lipinski definition) is 1. The lowest BCUT2D eigenvalue weighted by Gasteiger charge is -2.22. The van der Waals surface area contributed by atoms with E-state index in [1.165, 1.54) is 12.8 Å². The van der Waals surface area contributed by atoms with Gasteiger partial charge in [-0.25, -0.2) is 9.97 Å². The van der Waals surface area contributed by atoms with E-state index in [1.807, 2.05) is 30.3 Å². The molecule has 1 aliphatic rings. The van der Waals surface area contributed by atoms with Crippen LogP contribution in [-0.2, 0) is 0 Å². The van der Waals surface area contributed by atoms with Crippen molar-refractivity contribution in [1.29, 1.82) is 0 Å². The Morgan fingerprint density at radius 1 is 1.15 bits per heavy atom. The molecule has 3 rings (SSSR count). The van der Waals surface area contributed by atoms with Crippen LogP contribution in [0.5, 0.6) is 5.75 Å². The molecule has 20 heavy (non-hydrogen) atoms. The Morgan fingerprint density at radius 3 is 2.65 bits per heavy atom. The summed E-state index contributed by atoms with van der Waals surface area (Å²) in [5.41, 5.74) is 1.02. The van der Waals surface area contributed by atoms with E-state index < -0.39 is 0 Å². The van der Waals surface area contributed by atoms with Crippen molar-refractivity contribution in [3.05, 3.63) is 42.7 Å². The zero-order valence-electron chi connectivity index (χ0n) is 11.5. The fourth-order valence-electron chi connectivity index (χ4n) is 2.41. The van der Waals surface area contributed by atoms with Gasteiger partial charge in [-0.1, -0.05) is 30.3 Å². The number of ether oxygens (including phenoxy) is 1. The lowest BCUT2D eigenvalue weighted by Crippen LogP contribution is -2.33. The molecule has 1 aromatic heterocycles. The van der Waals surface area contributed by atoms with Gasteiger partial charge < -0.3 is 10.1 Å². The molecule has 0 spiro atoms. The van der Waals surface area contributed by atoms with Gasteiger partial charge in [-0.05, 0) is 19.4 Å². The molecule has 104 valence electrons. The smallest absolute Gasteiger partial charge is 0.159 e. The molecule has 2 heterocycles. The molecule has 0 saturated carbocycles. The number of piperidine rings is 1.